The summed E-state index contributed by atoms with van der Waals surface area (Å²) in [4.78, 5) is 28.1. The molecule has 2 aromatic rings. The topological polar surface area (TPSA) is 56.3 Å². The maximum Gasteiger partial charge on any atom is 0.433 e. The second-order valence-corrected chi connectivity index (χ2v) is 6.24. The van der Waals surface area contributed by atoms with Crippen molar-refractivity contribution < 1.29 is 27.5 Å². The van der Waals surface area contributed by atoms with Crippen molar-refractivity contribution >= 4 is 34.8 Å². The molecule has 0 saturated heterocycles. The minimum Gasteiger partial charge on any atom is -0.381 e. The lowest BCUT2D eigenvalue weighted by Crippen LogP contribution is -2.12. The standard InChI is InChI=1S/C15H10F3NO3S2/c1-23-10-3-5-11(6-4-10)24-14(21)22-13(20)9-2-7-12(19-8-9)15(16,17)18/h2-8H,1H3. The average Bonchev–Trinajstić information content (AvgIpc) is 2.54. The number of nitrogens with zero attached hydrogens (tertiary/aromatic N) is 1. The second-order valence-electron chi connectivity index (χ2n) is 4.35. The summed E-state index contributed by atoms with van der Waals surface area (Å²) in [6.45, 7) is 0. The third kappa shape index (κ3) is 5.00. The molecule has 0 unspecified atom stereocenters. The van der Waals surface area contributed by atoms with Crippen LogP contribution in [0.3, 0.4) is 0 Å². The van der Waals surface area contributed by atoms with Crippen molar-refractivity contribution in [2.24, 2.45) is 0 Å². The fraction of sp³-hybridized carbons (Fsp3) is 0.133. The summed E-state index contributed by atoms with van der Waals surface area (Å²) in [5, 5.41) is -0.878. The summed E-state index contributed by atoms with van der Waals surface area (Å²) >= 11 is 2.24. The average molecular weight is 373 g/mol. The molecule has 0 bridgehead atoms. The Hall–Kier alpha value is -2.00. The normalized spacial score (nSPS) is 11.2. The number of pyridine rings is 1. The van der Waals surface area contributed by atoms with Crippen LogP contribution in [0.2, 0.25) is 0 Å². The van der Waals surface area contributed by atoms with E-state index in [0.29, 0.717) is 22.7 Å². The summed E-state index contributed by atoms with van der Waals surface area (Å²) in [7, 11) is 0. The van der Waals surface area contributed by atoms with E-state index in [9.17, 15) is 22.8 Å². The van der Waals surface area contributed by atoms with Crippen molar-refractivity contribution in [3.8, 4) is 0 Å². The van der Waals surface area contributed by atoms with Crippen molar-refractivity contribution in [2.45, 2.75) is 16.0 Å². The highest BCUT2D eigenvalue weighted by molar-refractivity contribution is 8.13. The Morgan fingerprint density at radius 3 is 2.17 bits per heavy atom. The molecule has 0 aliphatic carbocycles. The highest BCUT2D eigenvalue weighted by Gasteiger charge is 2.32. The third-order valence-electron chi connectivity index (χ3n) is 2.73. The SMILES string of the molecule is CSc1ccc(SC(=O)OC(=O)c2ccc(C(F)(F)F)nc2)cc1. The van der Waals surface area contributed by atoms with Crippen LogP contribution >= 0.6 is 23.5 Å². The zero-order valence-electron chi connectivity index (χ0n) is 12.2. The first-order chi connectivity index (χ1) is 11.3. The van der Waals surface area contributed by atoms with E-state index in [1.807, 2.05) is 18.4 Å². The molecule has 0 radical (unpaired) electrons. The molecule has 1 heterocycles. The number of thioether (sulfide) groups is 2. The van der Waals surface area contributed by atoms with Gasteiger partial charge in [-0.2, -0.15) is 13.2 Å². The Kier molecular flexibility index (Phi) is 5.89. The number of hydrogen-bond acceptors (Lipinski definition) is 6. The van der Waals surface area contributed by atoms with E-state index in [2.05, 4.69) is 9.72 Å². The molecule has 0 amide bonds. The number of ether oxygens (including phenoxy) is 1. The Morgan fingerprint density at radius 1 is 1.04 bits per heavy atom. The van der Waals surface area contributed by atoms with Crippen molar-refractivity contribution in [1.29, 1.82) is 0 Å². The lowest BCUT2D eigenvalue weighted by molar-refractivity contribution is -0.141. The van der Waals surface area contributed by atoms with Gasteiger partial charge in [-0.25, -0.2) is 9.59 Å². The van der Waals surface area contributed by atoms with Gasteiger partial charge in [-0.1, -0.05) is 0 Å². The third-order valence-corrected chi connectivity index (χ3v) is 4.23. The fourth-order valence-electron chi connectivity index (χ4n) is 1.58. The van der Waals surface area contributed by atoms with E-state index in [1.54, 1.807) is 23.9 Å². The first-order valence-corrected chi connectivity index (χ1v) is 8.45. The number of benzene rings is 1. The van der Waals surface area contributed by atoms with Crippen molar-refractivity contribution in [2.75, 3.05) is 6.26 Å². The smallest absolute Gasteiger partial charge is 0.381 e. The Bertz CT molecular complexity index is 731. The molecule has 0 saturated carbocycles. The van der Waals surface area contributed by atoms with Crippen molar-refractivity contribution in [3.05, 3.63) is 53.9 Å². The zero-order valence-corrected chi connectivity index (χ0v) is 13.8. The van der Waals surface area contributed by atoms with Crippen LogP contribution in [0.5, 0.6) is 0 Å². The van der Waals surface area contributed by atoms with Gasteiger partial charge in [-0.3, -0.25) is 4.98 Å². The molecule has 1 aromatic carbocycles. The molecule has 0 fully saturated rings. The number of hydrogen-bond donors (Lipinski definition) is 0. The largest absolute Gasteiger partial charge is 0.433 e. The first-order valence-electron chi connectivity index (χ1n) is 6.41. The van der Waals surface area contributed by atoms with Crippen molar-refractivity contribution in [1.82, 2.24) is 4.98 Å². The quantitative estimate of drug-likeness (QED) is 0.434. The lowest BCUT2D eigenvalue weighted by Gasteiger charge is -2.06. The number of halogens is 3. The van der Waals surface area contributed by atoms with Gasteiger partial charge in [0.2, 0.25) is 0 Å². The van der Waals surface area contributed by atoms with Crippen LogP contribution in [0, 0.1) is 0 Å². The van der Waals surface area contributed by atoms with Crippen LogP contribution in [-0.4, -0.2) is 22.5 Å². The second kappa shape index (κ2) is 7.71. The predicted molar refractivity (Wildman–Crippen MR) is 84.1 cm³/mol. The number of carbonyl (C=O) groups is 2. The van der Waals surface area contributed by atoms with Crippen LogP contribution in [0.25, 0.3) is 0 Å². The van der Waals surface area contributed by atoms with E-state index in [4.69, 9.17) is 0 Å². The van der Waals surface area contributed by atoms with Gasteiger partial charge in [0.05, 0.1) is 5.56 Å². The molecule has 4 nitrogen and oxygen atoms in total. The van der Waals surface area contributed by atoms with Crippen LogP contribution in [-0.2, 0) is 10.9 Å². The number of alkyl halides is 3. The molecule has 2 rings (SSSR count). The minimum atomic E-state index is -4.60. The van der Waals surface area contributed by atoms with Gasteiger partial charge in [-0.15, -0.1) is 11.8 Å². The molecule has 0 atom stereocenters. The van der Waals surface area contributed by atoms with Crippen molar-refractivity contribution in [3.63, 3.8) is 0 Å². The van der Waals surface area contributed by atoms with E-state index in [1.165, 1.54) is 0 Å². The molecular formula is C15H10F3NO3S2. The molecule has 24 heavy (non-hydrogen) atoms. The number of carbonyl (C=O) groups excluding carboxylic acids is 2. The van der Waals surface area contributed by atoms with Gasteiger partial charge >= 0.3 is 17.4 Å². The van der Waals surface area contributed by atoms with Gasteiger partial charge < -0.3 is 4.74 Å². The highest BCUT2D eigenvalue weighted by Crippen LogP contribution is 2.27. The predicted octanol–water partition coefficient (Wildman–Crippen LogP) is 4.89. The molecular weight excluding hydrogens is 363 g/mol. The molecule has 1 aromatic heterocycles. The summed E-state index contributed by atoms with van der Waals surface area (Å²) < 4.78 is 41.7. The number of rotatable bonds is 3. The van der Waals surface area contributed by atoms with E-state index < -0.39 is 23.1 Å². The molecule has 0 spiro atoms. The number of esters is 1. The Labute approximate surface area is 143 Å². The molecule has 9 heteroatoms. The van der Waals surface area contributed by atoms with Gasteiger partial charge in [0.25, 0.3) is 0 Å². The monoisotopic (exact) mass is 373 g/mol. The maximum absolute atomic E-state index is 12.4. The van der Waals surface area contributed by atoms with Gasteiger partial charge in [0.1, 0.15) is 5.69 Å². The highest BCUT2D eigenvalue weighted by atomic mass is 32.2. The van der Waals surface area contributed by atoms with Crippen LogP contribution in [0.4, 0.5) is 18.0 Å². The molecule has 126 valence electrons. The Morgan fingerprint density at radius 2 is 1.67 bits per heavy atom. The van der Waals surface area contributed by atoms with E-state index in [-0.39, 0.29) is 5.56 Å². The van der Waals surface area contributed by atoms with Gasteiger partial charge in [0, 0.05) is 16.0 Å². The van der Waals surface area contributed by atoms with Gasteiger partial charge in [-0.05, 0) is 54.4 Å². The fourth-order valence-corrected chi connectivity index (χ4v) is 2.57. The summed E-state index contributed by atoms with van der Waals surface area (Å²) in [5.74, 6) is -1.06. The summed E-state index contributed by atoms with van der Waals surface area (Å²) in [5.41, 5.74) is -1.37. The molecule has 0 aliphatic heterocycles. The minimum absolute atomic E-state index is 0.241. The van der Waals surface area contributed by atoms with Crippen LogP contribution < -0.4 is 0 Å². The van der Waals surface area contributed by atoms with E-state index >= 15 is 0 Å². The summed E-state index contributed by atoms with van der Waals surface area (Å²) in [6, 6.07) is 8.56. The lowest BCUT2D eigenvalue weighted by atomic mass is 10.2. The van der Waals surface area contributed by atoms with Crippen LogP contribution in [0.15, 0.2) is 52.4 Å². The number of aromatic nitrogens is 1. The zero-order chi connectivity index (χ0) is 17.7. The first kappa shape index (κ1) is 18.3. The van der Waals surface area contributed by atoms with Crippen LogP contribution in [0.1, 0.15) is 16.1 Å². The van der Waals surface area contributed by atoms with Gasteiger partial charge in [0.15, 0.2) is 0 Å². The molecule has 0 N–H and O–H groups in total. The van der Waals surface area contributed by atoms with E-state index in [0.717, 1.165) is 17.2 Å². The molecule has 0 aliphatic rings. The maximum atomic E-state index is 12.4. The Balaban J connectivity index is 1.96. The summed E-state index contributed by atoms with van der Waals surface area (Å²) in [6.07, 6.45) is -1.97.